The number of rotatable bonds is 3. The van der Waals surface area contributed by atoms with Gasteiger partial charge in [0, 0.05) is 44.6 Å². The summed E-state index contributed by atoms with van der Waals surface area (Å²) in [6, 6.07) is 4.07. The zero-order chi connectivity index (χ0) is 22.5. The number of carbonyl (C=O) groups excluding carboxylic acids is 2. The first-order valence-electron chi connectivity index (χ1n) is 11.7. The molecule has 8 heteroatoms. The van der Waals surface area contributed by atoms with Gasteiger partial charge < -0.3 is 10.2 Å². The van der Waals surface area contributed by atoms with E-state index in [1.807, 2.05) is 43.3 Å². The predicted octanol–water partition coefficient (Wildman–Crippen LogP) is 3.18. The second-order valence-corrected chi connectivity index (χ2v) is 10.1. The molecule has 4 heterocycles. The lowest BCUT2D eigenvalue weighted by Crippen LogP contribution is -2.57. The molecule has 0 radical (unpaired) electrons. The van der Waals surface area contributed by atoms with E-state index in [9.17, 15) is 9.59 Å². The van der Waals surface area contributed by atoms with Crippen LogP contribution in [0.25, 0.3) is 0 Å². The lowest BCUT2D eigenvalue weighted by Gasteiger charge is -2.43. The van der Waals surface area contributed by atoms with Crippen LogP contribution in [-0.2, 0) is 11.3 Å². The first-order chi connectivity index (χ1) is 15.5. The largest absolute Gasteiger partial charge is 0.356 e. The average Bonchev–Trinajstić information content (AvgIpc) is 3.13. The minimum Gasteiger partial charge on any atom is -0.356 e. The van der Waals surface area contributed by atoms with Gasteiger partial charge in [0.1, 0.15) is 4.88 Å². The fourth-order valence-electron chi connectivity index (χ4n) is 4.89. The minimum absolute atomic E-state index is 0.00621. The highest BCUT2D eigenvalue weighted by Crippen LogP contribution is 2.28. The number of thiazole rings is 1. The number of aromatic nitrogens is 2. The summed E-state index contributed by atoms with van der Waals surface area (Å²) in [6.07, 6.45) is 8.74. The molecule has 0 aliphatic carbocycles. The van der Waals surface area contributed by atoms with Crippen molar-refractivity contribution in [3.05, 3.63) is 45.7 Å². The molecule has 2 aromatic rings. The maximum atomic E-state index is 13.4. The lowest BCUT2D eigenvalue weighted by atomic mass is 9.88. The van der Waals surface area contributed by atoms with Gasteiger partial charge in [0.2, 0.25) is 5.91 Å². The van der Waals surface area contributed by atoms with Crippen molar-refractivity contribution in [1.29, 1.82) is 0 Å². The zero-order valence-corrected chi connectivity index (χ0v) is 19.9. The van der Waals surface area contributed by atoms with E-state index in [4.69, 9.17) is 0 Å². The molecule has 2 saturated heterocycles. The van der Waals surface area contributed by atoms with Gasteiger partial charge in [-0.3, -0.25) is 19.5 Å². The molecule has 0 unspecified atom stereocenters. The number of pyridine rings is 1. The number of hydrogen-bond acceptors (Lipinski definition) is 6. The number of piperidine rings is 1. The molecular formula is C24H33N5O2S. The van der Waals surface area contributed by atoms with Crippen LogP contribution < -0.4 is 5.32 Å². The maximum Gasteiger partial charge on any atom is 0.265 e. The number of likely N-dealkylation sites (tertiary alicyclic amines) is 1. The van der Waals surface area contributed by atoms with Gasteiger partial charge in [-0.15, -0.1) is 11.3 Å². The van der Waals surface area contributed by atoms with Crippen molar-refractivity contribution in [2.24, 2.45) is 5.92 Å². The first kappa shape index (κ1) is 22.9. The monoisotopic (exact) mass is 455 g/mol. The van der Waals surface area contributed by atoms with Gasteiger partial charge in [-0.25, -0.2) is 4.98 Å². The molecule has 2 atom stereocenters. The normalized spacial score (nSPS) is 23.2. The van der Waals surface area contributed by atoms with E-state index in [2.05, 4.69) is 20.2 Å². The van der Waals surface area contributed by atoms with Crippen LogP contribution in [0.5, 0.6) is 0 Å². The van der Waals surface area contributed by atoms with Crippen LogP contribution in [0.1, 0.15) is 58.0 Å². The van der Waals surface area contributed by atoms with Crippen LogP contribution in [0.15, 0.2) is 24.5 Å². The number of nitrogens with zero attached hydrogens (tertiary/aromatic N) is 4. The highest BCUT2D eigenvalue weighted by Gasteiger charge is 2.39. The molecular weight excluding hydrogens is 422 g/mol. The summed E-state index contributed by atoms with van der Waals surface area (Å²) < 4.78 is 0. The lowest BCUT2D eigenvalue weighted by molar-refractivity contribution is -0.129. The Balaban J connectivity index is 1.60. The van der Waals surface area contributed by atoms with Crippen LogP contribution in [-0.4, -0.2) is 63.8 Å². The molecule has 2 aliphatic heterocycles. The van der Waals surface area contributed by atoms with Crippen molar-refractivity contribution < 1.29 is 9.59 Å². The number of aryl methyl sites for hydroxylation is 2. The Hall–Kier alpha value is -2.32. The molecule has 0 aromatic carbocycles. The Labute approximate surface area is 194 Å². The fourth-order valence-corrected chi connectivity index (χ4v) is 5.77. The summed E-state index contributed by atoms with van der Waals surface area (Å²) in [4.78, 5) is 40.2. The van der Waals surface area contributed by atoms with Crippen LogP contribution in [0.3, 0.4) is 0 Å². The van der Waals surface area contributed by atoms with Crippen LogP contribution in [0, 0.1) is 19.8 Å². The number of fused-ring (bicyclic) bond motifs is 1. The standard InChI is InChI=1S/C24H33N5O2S/c1-17-22(32-18(2)27-17)24(31)29-14-9-20-21(16-29)28(15-19-7-11-25-12-8-19)13-6-4-3-5-10-26-23(20)30/h7-8,11-12,20-21H,3-6,9-10,13-16H2,1-2H3,(H,26,30)/t20-,21-/m1/s1. The number of nitrogens with one attached hydrogen (secondary N) is 1. The van der Waals surface area contributed by atoms with Gasteiger partial charge in [-0.05, 0) is 57.4 Å². The van der Waals surface area contributed by atoms with Gasteiger partial charge in [0.25, 0.3) is 5.91 Å². The Morgan fingerprint density at radius 2 is 1.94 bits per heavy atom. The topological polar surface area (TPSA) is 78.4 Å². The second kappa shape index (κ2) is 10.5. The fraction of sp³-hybridized carbons (Fsp3) is 0.583. The molecule has 2 aromatic heterocycles. The van der Waals surface area contributed by atoms with Gasteiger partial charge in [-0.1, -0.05) is 12.8 Å². The van der Waals surface area contributed by atoms with E-state index in [0.29, 0.717) is 19.5 Å². The third-order valence-electron chi connectivity index (χ3n) is 6.58. The van der Waals surface area contributed by atoms with E-state index in [1.165, 1.54) is 16.9 Å². The van der Waals surface area contributed by atoms with Crippen molar-refractivity contribution >= 4 is 23.2 Å². The van der Waals surface area contributed by atoms with Crippen LogP contribution in [0.2, 0.25) is 0 Å². The SMILES string of the molecule is Cc1nc(C)c(C(=O)N2CC[C@H]3C(=O)NCCCCCCN(Cc4ccncc4)[C@@H]3C2)s1. The summed E-state index contributed by atoms with van der Waals surface area (Å²) in [7, 11) is 0. The summed E-state index contributed by atoms with van der Waals surface area (Å²) in [5.41, 5.74) is 1.99. The first-order valence-corrected chi connectivity index (χ1v) is 12.5. The van der Waals surface area contributed by atoms with Crippen molar-refractivity contribution in [2.45, 2.75) is 58.5 Å². The van der Waals surface area contributed by atoms with Gasteiger partial charge in [0.05, 0.1) is 16.6 Å². The quantitative estimate of drug-likeness (QED) is 0.769. The van der Waals surface area contributed by atoms with Gasteiger partial charge >= 0.3 is 0 Å². The van der Waals surface area contributed by atoms with E-state index in [1.54, 1.807) is 0 Å². The molecule has 0 spiro atoms. The molecule has 0 bridgehead atoms. The molecule has 4 rings (SSSR count). The van der Waals surface area contributed by atoms with E-state index in [-0.39, 0.29) is 23.8 Å². The van der Waals surface area contributed by atoms with E-state index >= 15 is 0 Å². The molecule has 2 fully saturated rings. The van der Waals surface area contributed by atoms with E-state index in [0.717, 1.165) is 60.9 Å². The Morgan fingerprint density at radius 1 is 1.16 bits per heavy atom. The number of amides is 2. The molecule has 0 saturated carbocycles. The molecule has 2 amide bonds. The number of carbonyl (C=O) groups is 2. The highest BCUT2D eigenvalue weighted by molar-refractivity contribution is 7.13. The molecule has 7 nitrogen and oxygen atoms in total. The van der Waals surface area contributed by atoms with Crippen molar-refractivity contribution in [2.75, 3.05) is 26.2 Å². The average molecular weight is 456 g/mol. The summed E-state index contributed by atoms with van der Waals surface area (Å²) in [5.74, 6) is 0.0713. The zero-order valence-electron chi connectivity index (χ0n) is 19.0. The van der Waals surface area contributed by atoms with Crippen molar-refractivity contribution in [3.63, 3.8) is 0 Å². The summed E-state index contributed by atoms with van der Waals surface area (Å²) in [5, 5.41) is 4.08. The maximum absolute atomic E-state index is 13.4. The van der Waals surface area contributed by atoms with Crippen LogP contribution >= 0.6 is 11.3 Å². The third kappa shape index (κ3) is 5.35. The Bertz CT molecular complexity index is 932. The van der Waals surface area contributed by atoms with E-state index < -0.39 is 0 Å². The summed E-state index contributed by atoms with van der Waals surface area (Å²) in [6.45, 7) is 7.44. The molecule has 172 valence electrons. The number of hydrogen-bond donors (Lipinski definition) is 1. The predicted molar refractivity (Wildman–Crippen MR) is 126 cm³/mol. The Morgan fingerprint density at radius 3 is 2.69 bits per heavy atom. The second-order valence-electron chi connectivity index (χ2n) is 8.89. The Kier molecular flexibility index (Phi) is 7.52. The molecule has 32 heavy (non-hydrogen) atoms. The van der Waals surface area contributed by atoms with Crippen molar-refractivity contribution in [3.8, 4) is 0 Å². The summed E-state index contributed by atoms with van der Waals surface area (Å²) >= 11 is 1.46. The van der Waals surface area contributed by atoms with Gasteiger partial charge in [0.15, 0.2) is 0 Å². The van der Waals surface area contributed by atoms with Gasteiger partial charge in [-0.2, -0.15) is 0 Å². The highest BCUT2D eigenvalue weighted by atomic mass is 32.1. The minimum atomic E-state index is -0.108. The molecule has 2 aliphatic rings. The van der Waals surface area contributed by atoms with Crippen molar-refractivity contribution in [1.82, 2.24) is 25.1 Å². The third-order valence-corrected chi connectivity index (χ3v) is 7.64. The molecule has 1 N–H and O–H groups in total. The smallest absolute Gasteiger partial charge is 0.265 e. The van der Waals surface area contributed by atoms with Crippen LogP contribution in [0.4, 0.5) is 0 Å².